The summed E-state index contributed by atoms with van der Waals surface area (Å²) in [7, 11) is 4.34. The maximum atomic E-state index is 13.0. The van der Waals surface area contributed by atoms with Gasteiger partial charge in [0.25, 0.3) is 5.56 Å². The molecule has 0 aliphatic heterocycles. The SMILES string of the molecule is COC(=O)CN(Cc1cc(OC)cc(OC)c1)C(=O)CCn1cnc2sc(C)c(C)c2c1=O. The van der Waals surface area contributed by atoms with Crippen LogP contribution in [0.25, 0.3) is 10.2 Å². The van der Waals surface area contributed by atoms with E-state index in [1.807, 2.05) is 13.8 Å². The molecule has 176 valence electrons. The number of ether oxygens (including phenoxy) is 3. The van der Waals surface area contributed by atoms with Gasteiger partial charge in [0, 0.05) is 30.5 Å². The third-order valence-corrected chi connectivity index (χ3v) is 6.52. The Labute approximate surface area is 195 Å². The summed E-state index contributed by atoms with van der Waals surface area (Å²) in [6.07, 6.45) is 1.48. The molecule has 9 nitrogen and oxygen atoms in total. The van der Waals surface area contributed by atoms with Crippen LogP contribution in [0.15, 0.2) is 29.3 Å². The van der Waals surface area contributed by atoms with Crippen molar-refractivity contribution >= 4 is 33.4 Å². The molecule has 0 spiro atoms. The summed E-state index contributed by atoms with van der Waals surface area (Å²) in [6, 6.07) is 5.26. The van der Waals surface area contributed by atoms with Crippen LogP contribution in [0.2, 0.25) is 0 Å². The molecule has 0 radical (unpaired) electrons. The Morgan fingerprint density at radius 1 is 1.09 bits per heavy atom. The van der Waals surface area contributed by atoms with E-state index in [1.165, 1.54) is 48.5 Å². The minimum Gasteiger partial charge on any atom is -0.497 e. The van der Waals surface area contributed by atoms with E-state index in [4.69, 9.17) is 14.2 Å². The Balaban J connectivity index is 1.81. The molecule has 0 fully saturated rings. The van der Waals surface area contributed by atoms with Gasteiger partial charge in [0.2, 0.25) is 5.91 Å². The molecule has 3 rings (SSSR count). The van der Waals surface area contributed by atoms with Gasteiger partial charge in [-0.1, -0.05) is 0 Å². The van der Waals surface area contributed by atoms with Gasteiger partial charge in [-0.3, -0.25) is 19.0 Å². The van der Waals surface area contributed by atoms with Crippen molar-refractivity contribution in [3.8, 4) is 11.5 Å². The first-order chi connectivity index (χ1) is 15.8. The highest BCUT2D eigenvalue weighted by Crippen LogP contribution is 2.26. The third kappa shape index (κ3) is 5.51. The summed E-state index contributed by atoms with van der Waals surface area (Å²) >= 11 is 1.48. The first-order valence-electron chi connectivity index (χ1n) is 10.3. The highest BCUT2D eigenvalue weighted by atomic mass is 32.1. The molecular formula is C23H27N3O6S. The van der Waals surface area contributed by atoms with Gasteiger partial charge in [0.1, 0.15) is 22.9 Å². The number of fused-ring (bicyclic) bond motifs is 1. The standard InChI is InChI=1S/C23H27N3O6S/c1-14-15(2)33-22-21(14)23(29)25(13-24-22)7-6-19(27)26(12-20(28)32-5)11-16-8-17(30-3)10-18(9-16)31-4/h8-10,13H,6-7,11-12H2,1-5H3. The van der Waals surface area contributed by atoms with Crippen LogP contribution >= 0.6 is 11.3 Å². The summed E-state index contributed by atoms with van der Waals surface area (Å²) in [5.41, 5.74) is 1.47. The fourth-order valence-electron chi connectivity index (χ4n) is 3.43. The number of carbonyl (C=O) groups is 2. The third-order valence-electron chi connectivity index (χ3n) is 5.41. The van der Waals surface area contributed by atoms with Crippen LogP contribution in [-0.2, 0) is 27.4 Å². The van der Waals surface area contributed by atoms with E-state index < -0.39 is 5.97 Å². The quantitative estimate of drug-likeness (QED) is 0.441. The normalized spacial score (nSPS) is 10.8. The Hall–Kier alpha value is -3.40. The van der Waals surface area contributed by atoms with Crippen molar-refractivity contribution in [1.29, 1.82) is 0 Å². The predicted octanol–water partition coefficient (Wildman–Crippen LogP) is 2.68. The molecule has 2 aromatic heterocycles. The van der Waals surface area contributed by atoms with E-state index in [0.717, 1.165) is 16.0 Å². The van der Waals surface area contributed by atoms with E-state index in [2.05, 4.69) is 4.98 Å². The number of aromatic nitrogens is 2. The van der Waals surface area contributed by atoms with Gasteiger partial charge in [-0.05, 0) is 37.1 Å². The van der Waals surface area contributed by atoms with Crippen LogP contribution in [-0.4, -0.2) is 54.2 Å². The Kier molecular flexibility index (Phi) is 7.70. The van der Waals surface area contributed by atoms with E-state index in [9.17, 15) is 14.4 Å². The minimum atomic E-state index is -0.539. The van der Waals surface area contributed by atoms with Crippen molar-refractivity contribution in [1.82, 2.24) is 14.5 Å². The zero-order chi connectivity index (χ0) is 24.1. The number of hydrogen-bond donors (Lipinski definition) is 0. The average molecular weight is 474 g/mol. The van der Waals surface area contributed by atoms with Crippen molar-refractivity contribution < 1.29 is 23.8 Å². The number of carbonyl (C=O) groups excluding carboxylic acids is 2. The molecule has 1 aromatic carbocycles. The minimum absolute atomic E-state index is 0.0212. The molecule has 3 aromatic rings. The fraction of sp³-hybridized carbons (Fsp3) is 0.391. The van der Waals surface area contributed by atoms with E-state index in [-0.39, 0.29) is 37.5 Å². The second-order valence-electron chi connectivity index (χ2n) is 7.50. The van der Waals surface area contributed by atoms with E-state index >= 15 is 0 Å². The molecule has 0 saturated carbocycles. The predicted molar refractivity (Wildman–Crippen MR) is 125 cm³/mol. The molecule has 0 N–H and O–H groups in total. The Morgan fingerprint density at radius 2 is 1.76 bits per heavy atom. The van der Waals surface area contributed by atoms with Gasteiger partial charge in [0.05, 0.1) is 33.0 Å². The molecule has 0 saturated heterocycles. The number of hydrogen-bond acceptors (Lipinski definition) is 8. The van der Waals surface area contributed by atoms with Crippen LogP contribution in [0.3, 0.4) is 0 Å². The first-order valence-corrected chi connectivity index (χ1v) is 11.1. The number of esters is 1. The highest BCUT2D eigenvalue weighted by molar-refractivity contribution is 7.18. The van der Waals surface area contributed by atoms with Gasteiger partial charge in [-0.15, -0.1) is 11.3 Å². The fourth-order valence-corrected chi connectivity index (χ4v) is 4.42. The smallest absolute Gasteiger partial charge is 0.325 e. The summed E-state index contributed by atoms with van der Waals surface area (Å²) in [5.74, 6) is 0.305. The van der Waals surface area contributed by atoms with Crippen LogP contribution in [0, 0.1) is 13.8 Å². The summed E-state index contributed by atoms with van der Waals surface area (Å²) in [4.78, 5) is 45.4. The highest BCUT2D eigenvalue weighted by Gasteiger charge is 2.20. The summed E-state index contributed by atoms with van der Waals surface area (Å²) in [6.45, 7) is 3.93. The van der Waals surface area contributed by atoms with Crippen molar-refractivity contribution in [2.24, 2.45) is 0 Å². The maximum Gasteiger partial charge on any atom is 0.325 e. The molecule has 33 heavy (non-hydrogen) atoms. The molecule has 0 unspecified atom stereocenters. The molecule has 10 heteroatoms. The van der Waals surface area contributed by atoms with Crippen molar-refractivity contribution in [2.75, 3.05) is 27.9 Å². The van der Waals surface area contributed by atoms with Gasteiger partial charge in [-0.25, -0.2) is 4.98 Å². The van der Waals surface area contributed by atoms with Crippen LogP contribution in [0.4, 0.5) is 0 Å². The number of nitrogens with zero attached hydrogens (tertiary/aromatic N) is 3. The zero-order valence-corrected chi connectivity index (χ0v) is 20.2. The number of thiophene rings is 1. The molecule has 2 heterocycles. The lowest BCUT2D eigenvalue weighted by molar-refractivity contribution is -0.147. The summed E-state index contributed by atoms with van der Waals surface area (Å²) < 4.78 is 16.8. The largest absolute Gasteiger partial charge is 0.497 e. The summed E-state index contributed by atoms with van der Waals surface area (Å²) in [5, 5.41) is 0.586. The lowest BCUT2D eigenvalue weighted by atomic mass is 10.1. The van der Waals surface area contributed by atoms with Gasteiger partial charge in [0.15, 0.2) is 0 Å². The Bertz CT molecular complexity index is 1210. The second kappa shape index (κ2) is 10.5. The lowest BCUT2D eigenvalue weighted by Crippen LogP contribution is -2.36. The van der Waals surface area contributed by atoms with E-state index in [1.54, 1.807) is 18.2 Å². The molecule has 0 aliphatic carbocycles. The first kappa shape index (κ1) is 24.2. The molecule has 1 amide bonds. The number of amides is 1. The number of benzene rings is 1. The average Bonchev–Trinajstić information content (AvgIpc) is 3.11. The van der Waals surface area contributed by atoms with Crippen LogP contribution < -0.4 is 15.0 Å². The zero-order valence-electron chi connectivity index (χ0n) is 19.3. The van der Waals surface area contributed by atoms with Crippen molar-refractivity contribution in [3.05, 3.63) is 50.9 Å². The second-order valence-corrected chi connectivity index (χ2v) is 8.71. The topological polar surface area (TPSA) is 100.0 Å². The molecule has 0 aliphatic rings. The molecule has 0 bridgehead atoms. The number of rotatable bonds is 9. The number of methoxy groups -OCH3 is 3. The monoisotopic (exact) mass is 473 g/mol. The number of aryl methyl sites for hydroxylation is 3. The van der Waals surface area contributed by atoms with Gasteiger partial charge < -0.3 is 19.1 Å². The van der Waals surface area contributed by atoms with Gasteiger partial charge >= 0.3 is 5.97 Å². The van der Waals surface area contributed by atoms with Crippen molar-refractivity contribution in [3.63, 3.8) is 0 Å². The molecule has 0 atom stereocenters. The van der Waals surface area contributed by atoms with Crippen molar-refractivity contribution in [2.45, 2.75) is 33.4 Å². The maximum absolute atomic E-state index is 13.0. The van der Waals surface area contributed by atoms with Gasteiger partial charge in [-0.2, -0.15) is 0 Å². The van der Waals surface area contributed by atoms with Crippen LogP contribution in [0.5, 0.6) is 11.5 Å². The molecular weight excluding hydrogens is 446 g/mol. The van der Waals surface area contributed by atoms with Crippen LogP contribution in [0.1, 0.15) is 22.4 Å². The Morgan fingerprint density at radius 3 is 2.36 bits per heavy atom. The lowest BCUT2D eigenvalue weighted by Gasteiger charge is -2.22. The van der Waals surface area contributed by atoms with E-state index in [0.29, 0.717) is 21.7 Å².